The standard InChI is InChI=1S/C15H27N3/c1-15(2,13-16)7-5-8-17-10-11-18-9-4-3-6-14(18)12-17/h14H,3-12H2,1-2H3. The maximum atomic E-state index is 9.02. The molecular formula is C15H27N3. The summed E-state index contributed by atoms with van der Waals surface area (Å²) in [5.74, 6) is 0. The van der Waals surface area contributed by atoms with Crippen molar-refractivity contribution in [2.45, 2.75) is 52.0 Å². The van der Waals surface area contributed by atoms with Crippen molar-refractivity contribution in [1.82, 2.24) is 9.80 Å². The molecule has 0 saturated carbocycles. The Hall–Kier alpha value is -0.590. The Balaban J connectivity index is 1.70. The summed E-state index contributed by atoms with van der Waals surface area (Å²) >= 11 is 0. The van der Waals surface area contributed by atoms with Crippen molar-refractivity contribution in [3.63, 3.8) is 0 Å². The minimum absolute atomic E-state index is 0.146. The number of hydrogen-bond acceptors (Lipinski definition) is 3. The predicted octanol–water partition coefficient (Wildman–Crippen LogP) is 2.49. The van der Waals surface area contributed by atoms with E-state index in [0.29, 0.717) is 0 Å². The number of nitrogens with zero attached hydrogens (tertiary/aromatic N) is 3. The highest BCUT2D eigenvalue weighted by Gasteiger charge is 2.28. The maximum absolute atomic E-state index is 9.02. The third-order valence-electron chi connectivity index (χ3n) is 4.50. The maximum Gasteiger partial charge on any atom is 0.0683 e. The van der Waals surface area contributed by atoms with Gasteiger partial charge in [0, 0.05) is 25.7 Å². The highest BCUT2D eigenvalue weighted by atomic mass is 15.3. The molecule has 0 spiro atoms. The summed E-state index contributed by atoms with van der Waals surface area (Å²) in [5, 5.41) is 9.02. The first-order chi connectivity index (χ1) is 8.61. The number of piperazine rings is 1. The van der Waals surface area contributed by atoms with Gasteiger partial charge in [0.2, 0.25) is 0 Å². The summed E-state index contributed by atoms with van der Waals surface area (Å²) in [4.78, 5) is 5.29. The summed E-state index contributed by atoms with van der Waals surface area (Å²) in [6.07, 6.45) is 6.38. The van der Waals surface area contributed by atoms with Crippen LogP contribution in [0, 0.1) is 16.7 Å². The minimum Gasteiger partial charge on any atom is -0.301 e. The fourth-order valence-corrected chi connectivity index (χ4v) is 3.22. The Kier molecular flexibility index (Phi) is 4.64. The zero-order valence-electron chi connectivity index (χ0n) is 12.0. The van der Waals surface area contributed by atoms with E-state index in [1.807, 2.05) is 13.8 Å². The first-order valence-electron chi connectivity index (χ1n) is 7.48. The van der Waals surface area contributed by atoms with E-state index in [0.717, 1.165) is 18.9 Å². The fraction of sp³-hybridized carbons (Fsp3) is 0.933. The van der Waals surface area contributed by atoms with Crippen molar-refractivity contribution in [2.24, 2.45) is 5.41 Å². The Morgan fingerprint density at radius 1 is 1.22 bits per heavy atom. The van der Waals surface area contributed by atoms with Crippen LogP contribution in [0.25, 0.3) is 0 Å². The molecule has 1 unspecified atom stereocenters. The smallest absolute Gasteiger partial charge is 0.0683 e. The highest BCUT2D eigenvalue weighted by molar-refractivity contribution is 4.92. The fourth-order valence-electron chi connectivity index (χ4n) is 3.22. The van der Waals surface area contributed by atoms with Crippen LogP contribution in [0.3, 0.4) is 0 Å². The number of nitriles is 1. The molecule has 0 aromatic carbocycles. The van der Waals surface area contributed by atoms with E-state index < -0.39 is 0 Å². The Labute approximate surface area is 112 Å². The molecule has 2 aliphatic rings. The Morgan fingerprint density at radius 3 is 2.83 bits per heavy atom. The molecule has 0 bridgehead atoms. The van der Waals surface area contributed by atoms with Gasteiger partial charge < -0.3 is 4.90 Å². The van der Waals surface area contributed by atoms with Crippen LogP contribution in [0.15, 0.2) is 0 Å². The summed E-state index contributed by atoms with van der Waals surface area (Å²) in [7, 11) is 0. The van der Waals surface area contributed by atoms with Gasteiger partial charge in [0.1, 0.15) is 0 Å². The second-order valence-corrected chi connectivity index (χ2v) is 6.59. The highest BCUT2D eigenvalue weighted by Crippen LogP contribution is 2.23. The van der Waals surface area contributed by atoms with Gasteiger partial charge in [-0.2, -0.15) is 5.26 Å². The molecule has 2 saturated heterocycles. The van der Waals surface area contributed by atoms with Crippen LogP contribution in [-0.2, 0) is 0 Å². The van der Waals surface area contributed by atoms with Gasteiger partial charge in [0.15, 0.2) is 0 Å². The van der Waals surface area contributed by atoms with E-state index in [9.17, 15) is 0 Å². The predicted molar refractivity (Wildman–Crippen MR) is 74.3 cm³/mol. The van der Waals surface area contributed by atoms with Crippen LogP contribution < -0.4 is 0 Å². The van der Waals surface area contributed by atoms with Crippen molar-refractivity contribution >= 4 is 0 Å². The van der Waals surface area contributed by atoms with E-state index in [2.05, 4.69) is 15.9 Å². The van der Waals surface area contributed by atoms with E-state index in [1.165, 1.54) is 52.0 Å². The second-order valence-electron chi connectivity index (χ2n) is 6.59. The van der Waals surface area contributed by atoms with E-state index >= 15 is 0 Å². The van der Waals surface area contributed by atoms with Gasteiger partial charge in [-0.25, -0.2) is 0 Å². The van der Waals surface area contributed by atoms with Crippen LogP contribution in [0.1, 0.15) is 46.0 Å². The monoisotopic (exact) mass is 249 g/mol. The van der Waals surface area contributed by atoms with Crippen molar-refractivity contribution in [3.8, 4) is 6.07 Å². The summed E-state index contributed by atoms with van der Waals surface area (Å²) in [5.41, 5.74) is -0.146. The molecule has 18 heavy (non-hydrogen) atoms. The van der Waals surface area contributed by atoms with Gasteiger partial charge in [-0.1, -0.05) is 6.42 Å². The first kappa shape index (κ1) is 13.8. The molecule has 3 heteroatoms. The molecule has 102 valence electrons. The Bertz CT molecular complexity index is 305. The molecule has 2 heterocycles. The SMILES string of the molecule is CC(C)(C#N)CCCN1CCN2CCCCC2C1. The van der Waals surface area contributed by atoms with E-state index in [1.54, 1.807) is 0 Å². The Morgan fingerprint density at radius 2 is 2.06 bits per heavy atom. The number of piperidine rings is 1. The number of fused-ring (bicyclic) bond motifs is 1. The summed E-state index contributed by atoms with van der Waals surface area (Å²) < 4.78 is 0. The third-order valence-corrected chi connectivity index (χ3v) is 4.50. The zero-order valence-corrected chi connectivity index (χ0v) is 12.0. The second kappa shape index (κ2) is 6.04. The average molecular weight is 249 g/mol. The molecular weight excluding hydrogens is 222 g/mol. The van der Waals surface area contributed by atoms with E-state index in [-0.39, 0.29) is 5.41 Å². The lowest BCUT2D eigenvalue weighted by atomic mass is 9.89. The zero-order chi connectivity index (χ0) is 13.0. The lowest BCUT2D eigenvalue weighted by Gasteiger charge is -2.44. The molecule has 2 aliphatic heterocycles. The number of rotatable bonds is 4. The van der Waals surface area contributed by atoms with Crippen LogP contribution in [0.2, 0.25) is 0 Å². The lowest BCUT2D eigenvalue weighted by Crippen LogP contribution is -2.54. The molecule has 0 aromatic heterocycles. The molecule has 2 fully saturated rings. The van der Waals surface area contributed by atoms with Crippen molar-refractivity contribution in [1.29, 1.82) is 5.26 Å². The third kappa shape index (κ3) is 3.70. The molecule has 0 amide bonds. The average Bonchev–Trinajstić information content (AvgIpc) is 2.38. The van der Waals surface area contributed by atoms with E-state index in [4.69, 9.17) is 5.26 Å². The van der Waals surface area contributed by atoms with Gasteiger partial charge in [0.05, 0.1) is 11.5 Å². The normalized spacial score (nSPS) is 26.6. The van der Waals surface area contributed by atoms with Gasteiger partial charge in [-0.3, -0.25) is 4.90 Å². The molecule has 0 radical (unpaired) electrons. The first-order valence-corrected chi connectivity index (χ1v) is 7.48. The molecule has 0 aliphatic carbocycles. The van der Waals surface area contributed by atoms with Crippen LogP contribution in [-0.4, -0.2) is 48.6 Å². The molecule has 3 nitrogen and oxygen atoms in total. The minimum atomic E-state index is -0.146. The van der Waals surface area contributed by atoms with Gasteiger partial charge in [-0.15, -0.1) is 0 Å². The number of hydrogen-bond donors (Lipinski definition) is 0. The van der Waals surface area contributed by atoms with Crippen molar-refractivity contribution in [3.05, 3.63) is 0 Å². The summed E-state index contributed by atoms with van der Waals surface area (Å²) in [6.45, 7) is 10.3. The molecule has 0 aromatic rings. The summed E-state index contributed by atoms with van der Waals surface area (Å²) in [6, 6.07) is 3.21. The van der Waals surface area contributed by atoms with Gasteiger partial charge in [0.25, 0.3) is 0 Å². The lowest BCUT2D eigenvalue weighted by molar-refractivity contribution is 0.0479. The van der Waals surface area contributed by atoms with Crippen molar-refractivity contribution in [2.75, 3.05) is 32.7 Å². The molecule has 2 rings (SSSR count). The van der Waals surface area contributed by atoms with Crippen LogP contribution in [0.4, 0.5) is 0 Å². The van der Waals surface area contributed by atoms with Crippen LogP contribution >= 0.6 is 0 Å². The topological polar surface area (TPSA) is 30.3 Å². The largest absolute Gasteiger partial charge is 0.301 e. The van der Waals surface area contributed by atoms with Gasteiger partial charge in [-0.05, 0) is 52.6 Å². The molecule has 1 atom stereocenters. The molecule has 0 N–H and O–H groups in total. The van der Waals surface area contributed by atoms with Gasteiger partial charge >= 0.3 is 0 Å². The van der Waals surface area contributed by atoms with Crippen LogP contribution in [0.5, 0.6) is 0 Å². The quantitative estimate of drug-likeness (QED) is 0.767. The van der Waals surface area contributed by atoms with Crippen molar-refractivity contribution < 1.29 is 0 Å².